The summed E-state index contributed by atoms with van der Waals surface area (Å²) in [5.41, 5.74) is 1.14. The Kier molecular flexibility index (Phi) is 4.44. The minimum Gasteiger partial charge on any atom is -0.497 e. The van der Waals surface area contributed by atoms with Crippen LogP contribution in [-0.2, 0) is 16.6 Å². The van der Waals surface area contributed by atoms with E-state index in [1.807, 2.05) is 12.1 Å². The maximum Gasteiger partial charge on any atom is 0.238 e. The molecule has 0 aromatic heterocycles. The van der Waals surface area contributed by atoms with Crippen LogP contribution in [0, 0.1) is 5.82 Å². The van der Waals surface area contributed by atoms with Gasteiger partial charge in [-0.1, -0.05) is 12.1 Å². The second-order valence-electron chi connectivity index (χ2n) is 4.39. The van der Waals surface area contributed by atoms with Crippen LogP contribution in [0.1, 0.15) is 5.56 Å². The molecule has 0 aliphatic rings. The fourth-order valence-electron chi connectivity index (χ4n) is 1.76. The Labute approximate surface area is 122 Å². The molecule has 2 aromatic carbocycles. The molecule has 0 spiro atoms. The van der Waals surface area contributed by atoms with Gasteiger partial charge in [-0.2, -0.15) is 0 Å². The zero-order valence-electron chi connectivity index (χ0n) is 11.3. The number of anilines is 1. The summed E-state index contributed by atoms with van der Waals surface area (Å²) < 4.78 is 41.1. The molecule has 2 rings (SSSR count). The van der Waals surface area contributed by atoms with Crippen LogP contribution in [-0.4, -0.2) is 15.5 Å². The van der Waals surface area contributed by atoms with Gasteiger partial charge in [0.15, 0.2) is 0 Å². The summed E-state index contributed by atoms with van der Waals surface area (Å²) in [6.07, 6.45) is 0. The van der Waals surface area contributed by atoms with E-state index in [-0.39, 0.29) is 10.6 Å². The summed E-state index contributed by atoms with van der Waals surface area (Å²) in [7, 11) is -2.32. The maximum atomic E-state index is 13.8. The molecule has 7 heteroatoms. The molecule has 21 heavy (non-hydrogen) atoms. The Bertz CT molecular complexity index is 730. The number of nitrogens with one attached hydrogen (secondary N) is 1. The Hall–Kier alpha value is -2.12. The van der Waals surface area contributed by atoms with Crippen molar-refractivity contribution in [2.75, 3.05) is 12.4 Å². The van der Waals surface area contributed by atoms with Crippen LogP contribution in [0.2, 0.25) is 0 Å². The summed E-state index contributed by atoms with van der Waals surface area (Å²) in [6.45, 7) is 0.398. The van der Waals surface area contributed by atoms with Gasteiger partial charge in [0.2, 0.25) is 10.0 Å². The molecule has 0 saturated carbocycles. The first-order valence-corrected chi connectivity index (χ1v) is 7.64. The molecule has 0 heterocycles. The average molecular weight is 310 g/mol. The smallest absolute Gasteiger partial charge is 0.238 e. The topological polar surface area (TPSA) is 81.4 Å². The minimum atomic E-state index is -3.90. The zero-order valence-corrected chi connectivity index (χ0v) is 12.2. The number of hydrogen-bond donors (Lipinski definition) is 2. The number of benzene rings is 2. The van der Waals surface area contributed by atoms with Gasteiger partial charge in [-0.25, -0.2) is 17.9 Å². The zero-order chi connectivity index (χ0) is 15.5. The standard InChI is InChI=1S/C14H15FN2O3S/c1-20-11-4-2-10(3-5-11)9-17-14-7-6-12(8-13(14)15)21(16,18)19/h2-8,17H,9H2,1H3,(H2,16,18,19). The fourth-order valence-corrected chi connectivity index (χ4v) is 2.28. The van der Waals surface area contributed by atoms with Gasteiger partial charge in [-0.3, -0.25) is 0 Å². The molecule has 0 saturated heterocycles. The number of ether oxygens (including phenoxy) is 1. The number of hydrogen-bond acceptors (Lipinski definition) is 4. The SMILES string of the molecule is COc1ccc(CNc2ccc(S(N)(=O)=O)cc2F)cc1. The summed E-state index contributed by atoms with van der Waals surface area (Å²) in [5.74, 6) is 0.0671. The Balaban J connectivity index is 2.09. The predicted octanol–water partition coefficient (Wildman–Crippen LogP) is 2.09. The van der Waals surface area contributed by atoms with E-state index in [0.29, 0.717) is 6.54 Å². The molecule has 112 valence electrons. The lowest BCUT2D eigenvalue weighted by Crippen LogP contribution is -2.12. The number of rotatable bonds is 5. The van der Waals surface area contributed by atoms with Crippen molar-refractivity contribution >= 4 is 15.7 Å². The third-order valence-corrected chi connectivity index (χ3v) is 3.82. The third kappa shape index (κ3) is 3.93. The van der Waals surface area contributed by atoms with Crippen LogP contribution in [0.25, 0.3) is 0 Å². The number of halogens is 1. The third-order valence-electron chi connectivity index (χ3n) is 2.91. The van der Waals surface area contributed by atoms with Gasteiger partial charge in [0.05, 0.1) is 17.7 Å². The predicted molar refractivity (Wildman–Crippen MR) is 78.1 cm³/mol. The lowest BCUT2D eigenvalue weighted by atomic mass is 10.2. The van der Waals surface area contributed by atoms with Gasteiger partial charge < -0.3 is 10.1 Å². The molecule has 0 aliphatic heterocycles. The van der Waals surface area contributed by atoms with Crippen molar-refractivity contribution in [1.82, 2.24) is 0 Å². The molecule has 0 fully saturated rings. The molecule has 3 N–H and O–H groups in total. The van der Waals surface area contributed by atoms with E-state index in [0.717, 1.165) is 17.4 Å². The van der Waals surface area contributed by atoms with Crippen LogP contribution in [0.15, 0.2) is 47.4 Å². The van der Waals surface area contributed by atoms with E-state index in [9.17, 15) is 12.8 Å². The second-order valence-corrected chi connectivity index (χ2v) is 5.95. The van der Waals surface area contributed by atoms with E-state index in [4.69, 9.17) is 9.88 Å². The van der Waals surface area contributed by atoms with Crippen molar-refractivity contribution in [3.63, 3.8) is 0 Å². The van der Waals surface area contributed by atoms with Gasteiger partial charge in [0, 0.05) is 6.54 Å². The van der Waals surface area contributed by atoms with Gasteiger partial charge in [-0.05, 0) is 35.9 Å². The number of methoxy groups -OCH3 is 1. The Morgan fingerprint density at radius 1 is 1.19 bits per heavy atom. The number of nitrogens with two attached hydrogens (primary N) is 1. The average Bonchev–Trinajstić information content (AvgIpc) is 2.45. The molecule has 0 bridgehead atoms. The fraction of sp³-hybridized carbons (Fsp3) is 0.143. The minimum absolute atomic E-state index is 0.207. The number of primary sulfonamides is 1. The molecule has 0 atom stereocenters. The first-order chi connectivity index (χ1) is 9.90. The van der Waals surface area contributed by atoms with Crippen molar-refractivity contribution in [3.8, 4) is 5.75 Å². The quantitative estimate of drug-likeness (QED) is 0.886. The van der Waals surface area contributed by atoms with Gasteiger partial charge >= 0.3 is 0 Å². The highest BCUT2D eigenvalue weighted by Gasteiger charge is 2.11. The summed E-state index contributed by atoms with van der Waals surface area (Å²) >= 11 is 0. The Morgan fingerprint density at radius 3 is 2.38 bits per heavy atom. The van der Waals surface area contributed by atoms with Gasteiger partial charge in [0.1, 0.15) is 11.6 Å². The van der Waals surface area contributed by atoms with Crippen molar-refractivity contribution < 1.29 is 17.5 Å². The van der Waals surface area contributed by atoms with E-state index in [2.05, 4.69) is 5.32 Å². The van der Waals surface area contributed by atoms with E-state index >= 15 is 0 Å². The molecule has 5 nitrogen and oxygen atoms in total. The van der Waals surface area contributed by atoms with Crippen LogP contribution >= 0.6 is 0 Å². The normalized spacial score (nSPS) is 11.2. The monoisotopic (exact) mass is 310 g/mol. The van der Waals surface area contributed by atoms with E-state index in [1.165, 1.54) is 12.1 Å². The van der Waals surface area contributed by atoms with Crippen molar-refractivity contribution in [1.29, 1.82) is 0 Å². The van der Waals surface area contributed by atoms with E-state index < -0.39 is 15.8 Å². The highest BCUT2D eigenvalue weighted by Crippen LogP contribution is 2.19. The van der Waals surface area contributed by atoms with Crippen molar-refractivity contribution in [2.45, 2.75) is 11.4 Å². The van der Waals surface area contributed by atoms with Crippen molar-refractivity contribution in [3.05, 3.63) is 53.8 Å². The van der Waals surface area contributed by atoms with E-state index in [1.54, 1.807) is 19.2 Å². The van der Waals surface area contributed by atoms with Gasteiger partial charge in [0.25, 0.3) is 0 Å². The van der Waals surface area contributed by atoms with Crippen LogP contribution < -0.4 is 15.2 Å². The lowest BCUT2D eigenvalue weighted by Gasteiger charge is -2.09. The maximum absolute atomic E-state index is 13.8. The summed E-state index contributed by atoms with van der Waals surface area (Å²) in [6, 6.07) is 10.8. The lowest BCUT2D eigenvalue weighted by molar-refractivity contribution is 0.414. The van der Waals surface area contributed by atoms with Crippen LogP contribution in [0.4, 0.5) is 10.1 Å². The highest BCUT2D eigenvalue weighted by molar-refractivity contribution is 7.89. The summed E-state index contributed by atoms with van der Waals surface area (Å²) in [4.78, 5) is -0.255. The largest absolute Gasteiger partial charge is 0.497 e. The molecule has 0 amide bonds. The summed E-state index contributed by atoms with van der Waals surface area (Å²) in [5, 5.41) is 7.84. The molecule has 0 unspecified atom stereocenters. The molecular formula is C14H15FN2O3S. The molecule has 0 radical (unpaired) electrons. The number of sulfonamides is 1. The first kappa shape index (κ1) is 15.3. The van der Waals surface area contributed by atoms with Crippen molar-refractivity contribution in [2.24, 2.45) is 5.14 Å². The second kappa shape index (κ2) is 6.11. The Morgan fingerprint density at radius 2 is 1.86 bits per heavy atom. The van der Waals surface area contributed by atoms with Crippen LogP contribution in [0.3, 0.4) is 0 Å². The highest BCUT2D eigenvalue weighted by atomic mass is 32.2. The molecule has 0 aliphatic carbocycles. The van der Waals surface area contributed by atoms with Gasteiger partial charge in [-0.15, -0.1) is 0 Å². The molecular weight excluding hydrogens is 295 g/mol. The van der Waals surface area contributed by atoms with Crippen LogP contribution in [0.5, 0.6) is 5.75 Å². The molecule has 2 aromatic rings. The first-order valence-electron chi connectivity index (χ1n) is 6.09.